The van der Waals surface area contributed by atoms with Gasteiger partial charge in [0.2, 0.25) is 5.78 Å². The monoisotopic (exact) mass is 431 g/mol. The number of carboxylic acid groups (broad SMARTS) is 2. The Morgan fingerprint density at radius 2 is 1.63 bits per heavy atom. The van der Waals surface area contributed by atoms with Crippen LogP contribution in [-0.2, 0) is 21.5 Å². The number of fused-ring (bicyclic) bond motifs is 1. The smallest absolute Gasteiger partial charge is 0.325 e. The van der Waals surface area contributed by atoms with Gasteiger partial charge < -0.3 is 14.8 Å². The normalized spacial score (nSPS) is 11.6. The minimum Gasteiger partial charge on any atom is -0.480 e. The number of hydrogen-bond acceptors (Lipinski definition) is 3. The third-order valence-corrected chi connectivity index (χ3v) is 5.59. The van der Waals surface area contributed by atoms with Crippen LogP contribution >= 0.6 is 11.6 Å². The highest BCUT2D eigenvalue weighted by Crippen LogP contribution is 2.41. The van der Waals surface area contributed by atoms with Gasteiger partial charge >= 0.3 is 11.9 Å². The van der Waals surface area contributed by atoms with E-state index >= 15 is 0 Å². The molecule has 3 aromatic rings. The number of aryl methyl sites for hydroxylation is 1. The highest BCUT2D eigenvalue weighted by atomic mass is 35.5. The largest absolute Gasteiger partial charge is 0.480 e. The number of benzene rings is 2. The lowest BCUT2D eigenvalue weighted by Gasteiger charge is -2.25. The molecule has 156 valence electrons. The number of carbonyl (C=O) groups is 3. The maximum atomic E-state index is 13.5. The fraction of sp³-hybridized carbons (Fsp3) is 0.227. The quantitative estimate of drug-likeness (QED) is 0.424. The molecular weight excluding hydrogens is 413 g/mol. The lowest BCUT2D eigenvalue weighted by molar-refractivity contribution is -0.157. The molecule has 0 saturated carbocycles. The summed E-state index contributed by atoms with van der Waals surface area (Å²) in [4.78, 5) is 38.0. The Balaban J connectivity index is 2.50. The van der Waals surface area contributed by atoms with E-state index in [0.717, 1.165) is 12.1 Å². The predicted octanol–water partition coefficient (Wildman–Crippen LogP) is 4.50. The molecule has 0 spiro atoms. The number of aliphatic carboxylic acids is 2. The molecule has 1 heterocycles. The van der Waals surface area contributed by atoms with E-state index in [1.54, 1.807) is 17.6 Å². The number of halogens is 2. The van der Waals surface area contributed by atoms with Gasteiger partial charge in [0.05, 0.1) is 11.2 Å². The van der Waals surface area contributed by atoms with E-state index in [0.29, 0.717) is 15.9 Å². The zero-order chi connectivity index (χ0) is 22.2. The molecule has 0 aliphatic carbocycles. The van der Waals surface area contributed by atoms with Gasteiger partial charge in [-0.2, -0.15) is 0 Å². The zero-order valence-corrected chi connectivity index (χ0v) is 17.0. The van der Waals surface area contributed by atoms with Gasteiger partial charge in [-0.05, 0) is 49.7 Å². The summed E-state index contributed by atoms with van der Waals surface area (Å²) in [5.41, 5.74) is -1.95. The average Bonchev–Trinajstić information content (AvgIpc) is 3.02. The van der Waals surface area contributed by atoms with Gasteiger partial charge in [-0.15, -0.1) is 0 Å². The first-order valence-corrected chi connectivity index (χ1v) is 9.66. The fourth-order valence-corrected chi connectivity index (χ4v) is 4.01. The molecule has 0 aliphatic heterocycles. The van der Waals surface area contributed by atoms with Crippen molar-refractivity contribution in [3.63, 3.8) is 0 Å². The van der Waals surface area contributed by atoms with Crippen LogP contribution in [0.1, 0.15) is 41.9 Å². The molecule has 0 radical (unpaired) electrons. The van der Waals surface area contributed by atoms with Gasteiger partial charge in [0, 0.05) is 28.1 Å². The molecule has 0 aliphatic rings. The van der Waals surface area contributed by atoms with Gasteiger partial charge in [0.25, 0.3) is 0 Å². The number of carbonyl (C=O) groups excluding carboxylic acids is 1. The second kappa shape index (κ2) is 7.91. The number of nitrogens with zero attached hydrogens (tertiary/aromatic N) is 1. The number of aromatic nitrogens is 1. The van der Waals surface area contributed by atoms with Gasteiger partial charge in [-0.3, -0.25) is 14.4 Å². The third-order valence-electron chi connectivity index (χ3n) is 5.35. The van der Waals surface area contributed by atoms with E-state index < -0.39 is 29.0 Å². The van der Waals surface area contributed by atoms with Gasteiger partial charge in [0.15, 0.2) is 5.41 Å². The first kappa shape index (κ1) is 21.5. The van der Waals surface area contributed by atoms with E-state index in [-0.39, 0.29) is 29.8 Å². The standard InChI is InChI=1S/C22H19ClFNO5/c1-3-22(20(27)28,21(29)30)17-15-10-7-13(23)11-16(15)25(4-2)18(17)19(26)12-5-8-14(24)9-6-12/h5-11H,3-4H2,1-2H3,(H,27,28)(H,29,30). The van der Waals surface area contributed by atoms with Crippen molar-refractivity contribution in [1.82, 2.24) is 4.57 Å². The maximum Gasteiger partial charge on any atom is 0.325 e. The zero-order valence-electron chi connectivity index (χ0n) is 16.3. The molecule has 2 aromatic carbocycles. The van der Waals surface area contributed by atoms with Gasteiger partial charge in [0.1, 0.15) is 5.82 Å². The summed E-state index contributed by atoms with van der Waals surface area (Å²) in [6, 6.07) is 9.40. The van der Waals surface area contributed by atoms with E-state index in [1.807, 2.05) is 0 Å². The summed E-state index contributed by atoms with van der Waals surface area (Å²) in [6.45, 7) is 3.46. The second-order valence-electron chi connectivity index (χ2n) is 6.83. The van der Waals surface area contributed by atoms with Crippen molar-refractivity contribution in [3.05, 3.63) is 70.1 Å². The summed E-state index contributed by atoms with van der Waals surface area (Å²) in [5.74, 6) is -4.28. The minimum absolute atomic E-state index is 0.0620. The van der Waals surface area contributed by atoms with Crippen LogP contribution in [0, 0.1) is 5.82 Å². The molecule has 8 heteroatoms. The Morgan fingerprint density at radius 1 is 1.03 bits per heavy atom. The van der Waals surface area contributed by atoms with Crippen LogP contribution in [0.3, 0.4) is 0 Å². The minimum atomic E-state index is -2.35. The van der Waals surface area contributed by atoms with Gasteiger partial charge in [-0.1, -0.05) is 24.6 Å². The van der Waals surface area contributed by atoms with Crippen molar-refractivity contribution in [3.8, 4) is 0 Å². The molecule has 2 N–H and O–H groups in total. The Kier molecular flexibility index (Phi) is 5.67. The molecule has 0 amide bonds. The SMILES string of the molecule is CCn1c(C(=O)c2ccc(F)cc2)c(C(CC)(C(=O)O)C(=O)O)c2ccc(Cl)cc21. The lowest BCUT2D eigenvalue weighted by atomic mass is 9.75. The summed E-state index contributed by atoms with van der Waals surface area (Å²) in [7, 11) is 0. The van der Waals surface area contributed by atoms with Crippen molar-refractivity contribution in [2.24, 2.45) is 0 Å². The first-order chi connectivity index (χ1) is 14.2. The Morgan fingerprint density at radius 3 is 2.13 bits per heavy atom. The van der Waals surface area contributed by atoms with Crippen molar-refractivity contribution < 1.29 is 29.0 Å². The van der Waals surface area contributed by atoms with Crippen molar-refractivity contribution in [2.75, 3.05) is 0 Å². The topological polar surface area (TPSA) is 96.6 Å². The van der Waals surface area contributed by atoms with E-state index in [4.69, 9.17) is 11.6 Å². The van der Waals surface area contributed by atoms with Gasteiger partial charge in [-0.25, -0.2) is 4.39 Å². The third kappa shape index (κ3) is 3.15. The van der Waals surface area contributed by atoms with Crippen LogP contribution in [0.4, 0.5) is 4.39 Å². The van der Waals surface area contributed by atoms with E-state index in [1.165, 1.54) is 31.2 Å². The average molecular weight is 432 g/mol. The van der Waals surface area contributed by atoms with Crippen molar-refractivity contribution >= 4 is 40.2 Å². The van der Waals surface area contributed by atoms with Crippen LogP contribution in [-0.4, -0.2) is 32.5 Å². The summed E-state index contributed by atoms with van der Waals surface area (Å²) >= 11 is 6.12. The molecule has 0 atom stereocenters. The molecule has 0 fully saturated rings. The van der Waals surface area contributed by atoms with Crippen LogP contribution in [0.25, 0.3) is 10.9 Å². The van der Waals surface area contributed by atoms with Crippen LogP contribution in [0.15, 0.2) is 42.5 Å². The predicted molar refractivity (Wildman–Crippen MR) is 110 cm³/mol. The molecule has 0 saturated heterocycles. The number of hydrogen-bond donors (Lipinski definition) is 2. The lowest BCUT2D eigenvalue weighted by Crippen LogP contribution is -2.44. The van der Waals surface area contributed by atoms with E-state index in [9.17, 15) is 29.0 Å². The molecule has 0 unspecified atom stereocenters. The van der Waals surface area contributed by atoms with Crippen molar-refractivity contribution in [2.45, 2.75) is 32.2 Å². The van der Waals surface area contributed by atoms with E-state index in [2.05, 4.69) is 0 Å². The molecule has 3 rings (SSSR count). The highest BCUT2D eigenvalue weighted by molar-refractivity contribution is 6.31. The molecule has 1 aromatic heterocycles. The molecule has 6 nitrogen and oxygen atoms in total. The summed E-state index contributed by atoms with van der Waals surface area (Å²) < 4.78 is 14.9. The highest BCUT2D eigenvalue weighted by Gasteiger charge is 2.51. The summed E-state index contributed by atoms with van der Waals surface area (Å²) in [5, 5.41) is 20.6. The van der Waals surface area contributed by atoms with Crippen LogP contribution in [0.2, 0.25) is 5.02 Å². The van der Waals surface area contributed by atoms with Crippen molar-refractivity contribution in [1.29, 1.82) is 0 Å². The Hall–Kier alpha value is -3.19. The summed E-state index contributed by atoms with van der Waals surface area (Å²) in [6.07, 6.45) is -0.285. The Labute approximate surface area is 176 Å². The molecular formula is C22H19ClFNO5. The number of carboxylic acids is 2. The number of rotatable bonds is 7. The molecule has 30 heavy (non-hydrogen) atoms. The molecule has 0 bridgehead atoms. The van der Waals surface area contributed by atoms with Crippen LogP contribution < -0.4 is 0 Å². The number of ketones is 1. The maximum absolute atomic E-state index is 13.5. The Bertz CT molecular complexity index is 1150. The second-order valence-corrected chi connectivity index (χ2v) is 7.27. The fourth-order valence-electron chi connectivity index (χ4n) is 3.84. The first-order valence-electron chi connectivity index (χ1n) is 9.28. The van der Waals surface area contributed by atoms with Crippen LogP contribution in [0.5, 0.6) is 0 Å².